The summed E-state index contributed by atoms with van der Waals surface area (Å²) in [6, 6.07) is 12.0. The van der Waals surface area contributed by atoms with Crippen molar-refractivity contribution in [3.8, 4) is 5.75 Å². The van der Waals surface area contributed by atoms with Gasteiger partial charge in [0.1, 0.15) is 5.75 Å². The summed E-state index contributed by atoms with van der Waals surface area (Å²) in [5.74, 6) is -0.525. The Morgan fingerprint density at radius 1 is 1.15 bits per heavy atom. The third kappa shape index (κ3) is 3.69. The van der Waals surface area contributed by atoms with Gasteiger partial charge in [-0.3, -0.25) is 14.2 Å². The second-order valence-corrected chi connectivity index (χ2v) is 6.71. The molecule has 0 amide bonds. The Balaban J connectivity index is 2.29. The number of ether oxygens (including phenoxy) is 1. The van der Waals surface area contributed by atoms with E-state index in [1.54, 1.807) is 54.1 Å². The number of hydrogen-bond donors (Lipinski definition) is 1. The van der Waals surface area contributed by atoms with Gasteiger partial charge in [0.2, 0.25) is 0 Å². The first-order valence-electron chi connectivity index (χ1n) is 8.68. The zero-order valence-corrected chi connectivity index (χ0v) is 15.9. The number of carboxylic acids is 1. The number of carbonyl (C=O) groups excluding carboxylic acids is 1. The third-order valence-electron chi connectivity index (χ3n) is 4.50. The van der Waals surface area contributed by atoms with Gasteiger partial charge in [-0.25, -0.2) is 0 Å². The molecular formula is C21H20ClNO4. The van der Waals surface area contributed by atoms with Crippen LogP contribution in [0.15, 0.2) is 42.5 Å². The molecule has 6 heteroatoms. The average molecular weight is 386 g/mol. The van der Waals surface area contributed by atoms with Crippen molar-refractivity contribution in [3.05, 3.63) is 64.3 Å². The molecule has 0 saturated heterocycles. The summed E-state index contributed by atoms with van der Waals surface area (Å²) in [5.41, 5.74) is 2.55. The van der Waals surface area contributed by atoms with Crippen LogP contribution in [0.5, 0.6) is 5.75 Å². The monoisotopic (exact) mass is 385 g/mol. The van der Waals surface area contributed by atoms with Crippen molar-refractivity contribution < 1.29 is 19.4 Å². The van der Waals surface area contributed by atoms with Crippen molar-refractivity contribution in [3.63, 3.8) is 0 Å². The molecule has 5 nitrogen and oxygen atoms in total. The van der Waals surface area contributed by atoms with Crippen LogP contribution in [0.4, 0.5) is 0 Å². The van der Waals surface area contributed by atoms with E-state index in [0.717, 1.165) is 17.5 Å². The van der Waals surface area contributed by atoms with Crippen LogP contribution in [0.25, 0.3) is 10.9 Å². The maximum Gasteiger partial charge on any atom is 0.307 e. The Bertz CT molecular complexity index is 1010. The SMILES string of the molecule is CCCc1c(CC(=O)O)c2cc(OC)ccc2n1C(=O)c1ccc(Cl)cc1. The fourth-order valence-electron chi connectivity index (χ4n) is 3.32. The van der Waals surface area contributed by atoms with E-state index in [9.17, 15) is 14.7 Å². The fraction of sp³-hybridized carbons (Fsp3) is 0.238. The summed E-state index contributed by atoms with van der Waals surface area (Å²) in [7, 11) is 1.56. The zero-order chi connectivity index (χ0) is 19.6. The van der Waals surface area contributed by atoms with E-state index in [1.807, 2.05) is 6.92 Å². The topological polar surface area (TPSA) is 68.5 Å². The molecular weight excluding hydrogens is 366 g/mol. The lowest BCUT2D eigenvalue weighted by Crippen LogP contribution is -2.16. The van der Waals surface area contributed by atoms with Gasteiger partial charge in [-0.1, -0.05) is 24.9 Å². The number of hydrogen-bond acceptors (Lipinski definition) is 3. The first kappa shape index (κ1) is 19.0. The number of aromatic nitrogens is 1. The molecule has 0 spiro atoms. The summed E-state index contributed by atoms with van der Waals surface area (Å²) < 4.78 is 6.92. The van der Waals surface area contributed by atoms with Gasteiger partial charge in [-0.05, 0) is 54.4 Å². The first-order chi connectivity index (χ1) is 13.0. The van der Waals surface area contributed by atoms with Gasteiger partial charge in [0.15, 0.2) is 0 Å². The normalized spacial score (nSPS) is 10.9. The van der Waals surface area contributed by atoms with Gasteiger partial charge in [0.25, 0.3) is 5.91 Å². The summed E-state index contributed by atoms with van der Waals surface area (Å²) >= 11 is 5.94. The highest BCUT2D eigenvalue weighted by molar-refractivity contribution is 6.30. The smallest absolute Gasteiger partial charge is 0.307 e. The van der Waals surface area contributed by atoms with Crippen molar-refractivity contribution >= 4 is 34.4 Å². The Labute approximate surface area is 162 Å². The van der Waals surface area contributed by atoms with Crippen LogP contribution in [0.3, 0.4) is 0 Å². The Hall–Kier alpha value is -2.79. The van der Waals surface area contributed by atoms with Crippen molar-refractivity contribution in [2.75, 3.05) is 7.11 Å². The molecule has 1 heterocycles. The third-order valence-corrected chi connectivity index (χ3v) is 4.75. The summed E-state index contributed by atoms with van der Waals surface area (Å²) in [6.45, 7) is 2.00. The largest absolute Gasteiger partial charge is 0.497 e. The minimum absolute atomic E-state index is 0.153. The molecule has 0 saturated carbocycles. The van der Waals surface area contributed by atoms with Gasteiger partial charge in [-0.15, -0.1) is 0 Å². The highest BCUT2D eigenvalue weighted by atomic mass is 35.5. The Morgan fingerprint density at radius 2 is 1.85 bits per heavy atom. The van der Waals surface area contributed by atoms with E-state index in [0.29, 0.717) is 33.8 Å². The Morgan fingerprint density at radius 3 is 2.44 bits per heavy atom. The fourth-order valence-corrected chi connectivity index (χ4v) is 3.44. The lowest BCUT2D eigenvalue weighted by molar-refractivity contribution is -0.136. The van der Waals surface area contributed by atoms with Crippen LogP contribution in [-0.4, -0.2) is 28.7 Å². The first-order valence-corrected chi connectivity index (χ1v) is 9.06. The molecule has 2 aromatic carbocycles. The standard InChI is InChI=1S/C21H20ClNO4/c1-3-4-18-17(12-20(24)25)16-11-15(27-2)9-10-19(16)23(18)21(26)13-5-7-14(22)8-6-13/h5-11H,3-4,12H2,1-2H3,(H,24,25). The molecule has 140 valence electrons. The quantitative estimate of drug-likeness (QED) is 0.674. The highest BCUT2D eigenvalue weighted by Gasteiger charge is 2.23. The van der Waals surface area contributed by atoms with E-state index in [2.05, 4.69) is 0 Å². The van der Waals surface area contributed by atoms with Crippen LogP contribution < -0.4 is 4.74 Å². The molecule has 0 radical (unpaired) electrons. The second kappa shape index (κ2) is 7.84. The summed E-state index contributed by atoms with van der Waals surface area (Å²) in [6.07, 6.45) is 1.23. The van der Waals surface area contributed by atoms with Crippen LogP contribution in [0.1, 0.15) is 35.0 Å². The number of fused-ring (bicyclic) bond motifs is 1. The molecule has 0 unspecified atom stereocenters. The van der Waals surface area contributed by atoms with E-state index < -0.39 is 5.97 Å². The van der Waals surface area contributed by atoms with E-state index >= 15 is 0 Å². The molecule has 0 aliphatic rings. The van der Waals surface area contributed by atoms with Gasteiger partial charge in [0, 0.05) is 21.7 Å². The molecule has 0 fully saturated rings. The predicted octanol–water partition coefficient (Wildman–Crippen LogP) is 4.57. The van der Waals surface area contributed by atoms with Crippen LogP contribution in [0.2, 0.25) is 5.02 Å². The zero-order valence-electron chi connectivity index (χ0n) is 15.2. The van der Waals surface area contributed by atoms with Gasteiger partial charge in [-0.2, -0.15) is 0 Å². The maximum absolute atomic E-state index is 13.3. The molecule has 27 heavy (non-hydrogen) atoms. The lowest BCUT2D eigenvalue weighted by Gasteiger charge is -2.10. The number of methoxy groups -OCH3 is 1. The maximum atomic E-state index is 13.3. The second-order valence-electron chi connectivity index (χ2n) is 6.28. The van der Waals surface area contributed by atoms with Gasteiger partial charge >= 0.3 is 5.97 Å². The predicted molar refractivity (Wildman–Crippen MR) is 105 cm³/mol. The number of halogens is 1. The number of carbonyl (C=O) groups is 2. The van der Waals surface area contributed by atoms with Crippen molar-refractivity contribution in [2.24, 2.45) is 0 Å². The Kier molecular flexibility index (Phi) is 5.51. The number of carboxylic acid groups (broad SMARTS) is 1. The average Bonchev–Trinajstić information content (AvgIpc) is 2.94. The molecule has 3 rings (SSSR count). The summed E-state index contributed by atoms with van der Waals surface area (Å²) in [4.78, 5) is 24.7. The molecule has 0 aliphatic carbocycles. The number of nitrogens with zero attached hydrogens (tertiary/aromatic N) is 1. The van der Waals surface area contributed by atoms with Gasteiger partial charge < -0.3 is 9.84 Å². The number of benzene rings is 2. The van der Waals surface area contributed by atoms with Crippen LogP contribution in [0, 0.1) is 0 Å². The van der Waals surface area contributed by atoms with Crippen molar-refractivity contribution in [1.29, 1.82) is 0 Å². The lowest BCUT2D eigenvalue weighted by atomic mass is 10.0. The number of rotatable bonds is 6. The van der Waals surface area contributed by atoms with Crippen LogP contribution in [-0.2, 0) is 17.6 Å². The van der Waals surface area contributed by atoms with Crippen LogP contribution >= 0.6 is 11.6 Å². The van der Waals surface area contributed by atoms with Gasteiger partial charge in [0.05, 0.1) is 19.0 Å². The molecule has 0 aliphatic heterocycles. The molecule has 0 atom stereocenters. The highest BCUT2D eigenvalue weighted by Crippen LogP contribution is 2.32. The molecule has 3 aromatic rings. The summed E-state index contributed by atoms with van der Waals surface area (Å²) in [5, 5.41) is 10.7. The minimum atomic E-state index is -0.937. The molecule has 0 bridgehead atoms. The molecule has 1 aromatic heterocycles. The van der Waals surface area contributed by atoms with Crippen molar-refractivity contribution in [2.45, 2.75) is 26.2 Å². The molecule has 1 N–H and O–H groups in total. The van der Waals surface area contributed by atoms with Crippen molar-refractivity contribution in [1.82, 2.24) is 4.57 Å². The van der Waals surface area contributed by atoms with E-state index in [-0.39, 0.29) is 12.3 Å². The van der Waals surface area contributed by atoms with E-state index in [1.165, 1.54) is 0 Å². The minimum Gasteiger partial charge on any atom is -0.497 e. The number of aliphatic carboxylic acids is 1. The van der Waals surface area contributed by atoms with E-state index in [4.69, 9.17) is 16.3 Å².